The van der Waals surface area contributed by atoms with Gasteiger partial charge < -0.3 is 4.74 Å². The normalized spacial score (nSPS) is 10.0. The third kappa shape index (κ3) is 3.21. The Kier molecular flexibility index (Phi) is 3.98. The van der Waals surface area contributed by atoms with E-state index in [1.807, 2.05) is 6.07 Å². The van der Waals surface area contributed by atoms with Crippen LogP contribution >= 0.6 is 11.6 Å². The van der Waals surface area contributed by atoms with Gasteiger partial charge in [0.05, 0.1) is 16.7 Å². The number of benzene rings is 2. The van der Waals surface area contributed by atoms with Gasteiger partial charge in [-0.05, 0) is 30.3 Å². The Balaban J connectivity index is 2.16. The van der Waals surface area contributed by atoms with Crippen LogP contribution in [-0.4, -0.2) is 0 Å². The Labute approximate surface area is 113 Å². The second kappa shape index (κ2) is 5.68. The van der Waals surface area contributed by atoms with Crippen molar-refractivity contribution in [1.29, 1.82) is 5.26 Å². The van der Waals surface area contributed by atoms with Crippen molar-refractivity contribution in [2.75, 3.05) is 0 Å². The molecule has 0 unspecified atom stereocenters. The molecule has 2 rings (SSSR count). The SMILES string of the molecule is N#Cc1ccc(F)cc1COc1ccc(Cl)c(F)c1. The molecule has 96 valence electrons. The quantitative estimate of drug-likeness (QED) is 0.848. The molecule has 0 aliphatic carbocycles. The van der Waals surface area contributed by atoms with Gasteiger partial charge in [0.15, 0.2) is 0 Å². The number of nitriles is 1. The zero-order chi connectivity index (χ0) is 13.8. The van der Waals surface area contributed by atoms with Gasteiger partial charge in [0.1, 0.15) is 24.0 Å². The Morgan fingerprint density at radius 3 is 2.63 bits per heavy atom. The van der Waals surface area contributed by atoms with Crippen LogP contribution in [0.25, 0.3) is 0 Å². The van der Waals surface area contributed by atoms with Crippen LogP contribution in [0.4, 0.5) is 8.78 Å². The maximum absolute atomic E-state index is 13.2. The lowest BCUT2D eigenvalue weighted by molar-refractivity contribution is 0.303. The van der Waals surface area contributed by atoms with Crippen LogP contribution < -0.4 is 4.74 Å². The highest BCUT2D eigenvalue weighted by Gasteiger charge is 2.06. The van der Waals surface area contributed by atoms with Crippen molar-refractivity contribution in [1.82, 2.24) is 0 Å². The molecule has 0 N–H and O–H groups in total. The van der Waals surface area contributed by atoms with Gasteiger partial charge in [0, 0.05) is 11.6 Å². The first-order valence-electron chi connectivity index (χ1n) is 5.36. The van der Waals surface area contributed by atoms with Gasteiger partial charge in [0.2, 0.25) is 0 Å². The minimum atomic E-state index is -0.598. The van der Waals surface area contributed by atoms with E-state index < -0.39 is 11.6 Å². The van der Waals surface area contributed by atoms with Crippen LogP contribution in [0.1, 0.15) is 11.1 Å². The van der Waals surface area contributed by atoms with E-state index in [0.29, 0.717) is 11.1 Å². The van der Waals surface area contributed by atoms with Gasteiger partial charge in [-0.1, -0.05) is 11.6 Å². The molecule has 0 heterocycles. The predicted molar refractivity (Wildman–Crippen MR) is 66.9 cm³/mol. The molecule has 0 saturated carbocycles. The number of rotatable bonds is 3. The van der Waals surface area contributed by atoms with Crippen molar-refractivity contribution in [2.24, 2.45) is 0 Å². The molecule has 2 aromatic carbocycles. The van der Waals surface area contributed by atoms with E-state index in [9.17, 15) is 8.78 Å². The summed E-state index contributed by atoms with van der Waals surface area (Å²) in [6.45, 7) is -0.0261. The lowest BCUT2D eigenvalue weighted by Crippen LogP contribution is -1.99. The van der Waals surface area contributed by atoms with Crippen LogP contribution in [0.2, 0.25) is 5.02 Å². The second-order valence-electron chi connectivity index (χ2n) is 3.78. The molecule has 0 amide bonds. The molecule has 0 bridgehead atoms. The fourth-order valence-electron chi connectivity index (χ4n) is 1.52. The first-order chi connectivity index (χ1) is 9.10. The van der Waals surface area contributed by atoms with Crippen molar-refractivity contribution in [3.63, 3.8) is 0 Å². The molecule has 0 aliphatic rings. The number of nitrogens with zero attached hydrogens (tertiary/aromatic N) is 1. The molecule has 0 aliphatic heterocycles. The zero-order valence-corrected chi connectivity index (χ0v) is 10.4. The van der Waals surface area contributed by atoms with Crippen LogP contribution in [0.3, 0.4) is 0 Å². The van der Waals surface area contributed by atoms with E-state index >= 15 is 0 Å². The van der Waals surface area contributed by atoms with E-state index in [0.717, 1.165) is 6.07 Å². The summed E-state index contributed by atoms with van der Waals surface area (Å²) in [5.74, 6) is -0.797. The lowest BCUT2D eigenvalue weighted by atomic mass is 10.1. The summed E-state index contributed by atoms with van der Waals surface area (Å²) in [6, 6.07) is 9.71. The Morgan fingerprint density at radius 1 is 1.16 bits per heavy atom. The molecule has 0 radical (unpaired) electrons. The van der Waals surface area contributed by atoms with Crippen molar-refractivity contribution in [3.8, 4) is 11.8 Å². The number of hydrogen-bond acceptors (Lipinski definition) is 2. The molecule has 0 atom stereocenters. The first kappa shape index (κ1) is 13.3. The number of ether oxygens (including phenoxy) is 1. The number of hydrogen-bond donors (Lipinski definition) is 0. The fraction of sp³-hybridized carbons (Fsp3) is 0.0714. The summed E-state index contributed by atoms with van der Waals surface area (Å²) in [7, 11) is 0. The summed E-state index contributed by atoms with van der Waals surface area (Å²) in [5, 5.41) is 8.88. The van der Waals surface area contributed by atoms with Gasteiger partial charge in [-0.25, -0.2) is 8.78 Å². The van der Waals surface area contributed by atoms with Gasteiger partial charge in [0.25, 0.3) is 0 Å². The summed E-state index contributed by atoms with van der Waals surface area (Å²) in [5.41, 5.74) is 0.716. The average Bonchev–Trinajstić information content (AvgIpc) is 2.40. The molecule has 5 heteroatoms. The van der Waals surface area contributed by atoms with Crippen molar-refractivity contribution >= 4 is 11.6 Å². The molecule has 19 heavy (non-hydrogen) atoms. The molecular weight excluding hydrogens is 272 g/mol. The first-order valence-corrected chi connectivity index (χ1v) is 5.74. The molecule has 0 aromatic heterocycles. The highest BCUT2D eigenvalue weighted by molar-refractivity contribution is 6.30. The molecular formula is C14H8ClF2NO. The van der Waals surface area contributed by atoms with Crippen molar-refractivity contribution < 1.29 is 13.5 Å². The topological polar surface area (TPSA) is 33.0 Å². The summed E-state index contributed by atoms with van der Waals surface area (Å²) < 4.78 is 31.6. The van der Waals surface area contributed by atoms with E-state index in [2.05, 4.69) is 0 Å². The molecule has 0 saturated heterocycles. The van der Waals surface area contributed by atoms with E-state index in [-0.39, 0.29) is 17.4 Å². The number of halogens is 3. The largest absolute Gasteiger partial charge is 0.489 e. The van der Waals surface area contributed by atoms with Crippen molar-refractivity contribution in [3.05, 3.63) is 64.2 Å². The fourth-order valence-corrected chi connectivity index (χ4v) is 1.64. The Bertz CT molecular complexity index is 652. The summed E-state index contributed by atoms with van der Waals surface area (Å²) in [6.07, 6.45) is 0. The van der Waals surface area contributed by atoms with Gasteiger partial charge in [-0.2, -0.15) is 5.26 Å². The minimum Gasteiger partial charge on any atom is -0.489 e. The van der Waals surface area contributed by atoms with Crippen LogP contribution in [0, 0.1) is 23.0 Å². The highest BCUT2D eigenvalue weighted by Crippen LogP contribution is 2.22. The summed E-state index contributed by atoms with van der Waals surface area (Å²) >= 11 is 5.54. The van der Waals surface area contributed by atoms with E-state index in [4.69, 9.17) is 21.6 Å². The predicted octanol–water partition coefficient (Wildman–Crippen LogP) is 4.07. The monoisotopic (exact) mass is 279 g/mol. The molecule has 2 aromatic rings. The highest BCUT2D eigenvalue weighted by atomic mass is 35.5. The standard InChI is InChI=1S/C14H8ClF2NO/c15-13-4-3-12(6-14(13)17)19-8-10-5-11(16)2-1-9(10)7-18/h1-6H,8H2. The average molecular weight is 280 g/mol. The van der Waals surface area contributed by atoms with E-state index in [1.54, 1.807) is 0 Å². The van der Waals surface area contributed by atoms with Gasteiger partial charge in [-0.15, -0.1) is 0 Å². The third-order valence-electron chi connectivity index (χ3n) is 2.47. The summed E-state index contributed by atoms with van der Waals surface area (Å²) in [4.78, 5) is 0. The Morgan fingerprint density at radius 2 is 1.95 bits per heavy atom. The minimum absolute atomic E-state index is 0.00387. The Hall–Kier alpha value is -2.12. The zero-order valence-electron chi connectivity index (χ0n) is 9.66. The maximum atomic E-state index is 13.2. The molecule has 0 fully saturated rings. The van der Waals surface area contributed by atoms with Crippen LogP contribution in [-0.2, 0) is 6.61 Å². The van der Waals surface area contributed by atoms with Crippen molar-refractivity contribution in [2.45, 2.75) is 6.61 Å². The molecule has 2 nitrogen and oxygen atoms in total. The maximum Gasteiger partial charge on any atom is 0.145 e. The van der Waals surface area contributed by atoms with Crippen LogP contribution in [0.5, 0.6) is 5.75 Å². The van der Waals surface area contributed by atoms with E-state index in [1.165, 1.54) is 30.3 Å². The smallest absolute Gasteiger partial charge is 0.145 e. The second-order valence-corrected chi connectivity index (χ2v) is 4.19. The molecule has 0 spiro atoms. The third-order valence-corrected chi connectivity index (χ3v) is 2.78. The lowest BCUT2D eigenvalue weighted by Gasteiger charge is -2.08. The van der Waals surface area contributed by atoms with Gasteiger partial charge >= 0.3 is 0 Å². The van der Waals surface area contributed by atoms with Gasteiger partial charge in [-0.3, -0.25) is 0 Å². The van der Waals surface area contributed by atoms with Crippen LogP contribution in [0.15, 0.2) is 36.4 Å².